The molecule has 0 saturated carbocycles. The largest absolute Gasteiger partial charge is 0.390 e. The van der Waals surface area contributed by atoms with Gasteiger partial charge in [0.25, 0.3) is 5.91 Å². The minimum atomic E-state index is -0.857. The molecule has 5 nitrogen and oxygen atoms in total. The van der Waals surface area contributed by atoms with Gasteiger partial charge in [-0.1, -0.05) is 41.6 Å². The topological polar surface area (TPSA) is 53.9 Å². The van der Waals surface area contributed by atoms with E-state index < -0.39 is 11.6 Å². The molecule has 2 aromatic rings. The third kappa shape index (κ3) is 3.83. The number of carbonyl (C=O) groups is 1. The number of carbonyl (C=O) groups excluding carboxylic acids is 1. The van der Waals surface area contributed by atoms with Gasteiger partial charge in [0.15, 0.2) is 17.3 Å². The number of oxime groups is 1. The highest BCUT2D eigenvalue weighted by Crippen LogP contribution is 2.28. The fourth-order valence-corrected chi connectivity index (χ4v) is 3.52. The lowest BCUT2D eigenvalue weighted by Gasteiger charge is -2.16. The summed E-state index contributed by atoms with van der Waals surface area (Å²) in [6.07, 6.45) is -0.187. The molecule has 2 aromatic carbocycles. The summed E-state index contributed by atoms with van der Waals surface area (Å²) in [4.78, 5) is 20.0. The van der Waals surface area contributed by atoms with Crippen molar-refractivity contribution in [3.63, 3.8) is 0 Å². The Morgan fingerprint density at radius 3 is 2.70 bits per heavy atom. The fraction of sp³-hybridized carbons (Fsp3) is 0.300. The Morgan fingerprint density at radius 2 is 1.93 bits per heavy atom. The Morgan fingerprint density at radius 1 is 1.11 bits per heavy atom. The molecule has 140 valence electrons. The van der Waals surface area contributed by atoms with Crippen LogP contribution in [-0.4, -0.2) is 35.7 Å². The van der Waals surface area contributed by atoms with Gasteiger partial charge in [-0.25, -0.2) is 8.78 Å². The first kappa shape index (κ1) is 17.6. The molecule has 0 aromatic heterocycles. The summed E-state index contributed by atoms with van der Waals surface area (Å²) < 4.78 is 26.5. The average molecular weight is 371 g/mol. The van der Waals surface area contributed by atoms with Gasteiger partial charge in [-0.15, -0.1) is 0 Å². The maximum Gasteiger partial charge on any atom is 0.269 e. The van der Waals surface area contributed by atoms with E-state index in [0.29, 0.717) is 37.5 Å². The molecule has 2 heterocycles. The predicted molar refractivity (Wildman–Crippen MR) is 95.7 cm³/mol. The summed E-state index contributed by atoms with van der Waals surface area (Å²) in [5, 5.41) is 6.84. The van der Waals surface area contributed by atoms with Crippen molar-refractivity contribution in [3.05, 3.63) is 71.3 Å². The highest BCUT2D eigenvalue weighted by Gasteiger charge is 2.44. The molecule has 1 amide bonds. The van der Waals surface area contributed by atoms with Gasteiger partial charge in [0.1, 0.15) is 6.10 Å². The van der Waals surface area contributed by atoms with Crippen molar-refractivity contribution in [1.82, 2.24) is 10.2 Å². The summed E-state index contributed by atoms with van der Waals surface area (Å²) in [6, 6.07) is 13.5. The van der Waals surface area contributed by atoms with Gasteiger partial charge in [0, 0.05) is 26.2 Å². The molecule has 1 fully saturated rings. The van der Waals surface area contributed by atoms with Crippen molar-refractivity contribution in [2.45, 2.75) is 19.2 Å². The van der Waals surface area contributed by atoms with E-state index in [1.165, 1.54) is 6.07 Å². The Bertz CT molecular complexity index is 873. The minimum absolute atomic E-state index is 0.119. The van der Waals surface area contributed by atoms with Crippen LogP contribution >= 0.6 is 0 Å². The van der Waals surface area contributed by atoms with Crippen LogP contribution in [-0.2, 0) is 22.7 Å². The monoisotopic (exact) mass is 371 g/mol. The second kappa shape index (κ2) is 7.44. The molecule has 0 bridgehead atoms. The quantitative estimate of drug-likeness (QED) is 0.879. The number of likely N-dealkylation sites (tertiary alicyclic amines) is 1. The molecular weight excluding hydrogens is 352 g/mol. The van der Waals surface area contributed by atoms with E-state index in [0.717, 1.165) is 11.6 Å². The normalized spacial score (nSPS) is 21.5. The van der Waals surface area contributed by atoms with E-state index >= 15 is 0 Å². The molecule has 0 spiro atoms. The molecule has 2 atom stereocenters. The van der Waals surface area contributed by atoms with Crippen LogP contribution in [0.5, 0.6) is 0 Å². The van der Waals surface area contributed by atoms with E-state index in [4.69, 9.17) is 4.84 Å². The van der Waals surface area contributed by atoms with Gasteiger partial charge >= 0.3 is 0 Å². The van der Waals surface area contributed by atoms with Crippen molar-refractivity contribution in [2.75, 3.05) is 13.1 Å². The molecule has 0 radical (unpaired) electrons. The maximum atomic E-state index is 13.4. The molecule has 2 aliphatic heterocycles. The van der Waals surface area contributed by atoms with Crippen LogP contribution in [0, 0.1) is 17.6 Å². The number of rotatable bonds is 5. The highest BCUT2D eigenvalue weighted by atomic mass is 19.2. The summed E-state index contributed by atoms with van der Waals surface area (Å²) in [5.41, 5.74) is 2.08. The molecule has 0 aliphatic carbocycles. The second-order valence-corrected chi connectivity index (χ2v) is 6.84. The van der Waals surface area contributed by atoms with Crippen LogP contribution in [0.4, 0.5) is 8.78 Å². The highest BCUT2D eigenvalue weighted by molar-refractivity contribution is 6.40. The Hall–Kier alpha value is -2.80. The van der Waals surface area contributed by atoms with Crippen LogP contribution in [0.25, 0.3) is 0 Å². The summed E-state index contributed by atoms with van der Waals surface area (Å²) >= 11 is 0. The number of benzene rings is 2. The third-order valence-corrected chi connectivity index (χ3v) is 4.90. The first-order valence-electron chi connectivity index (χ1n) is 8.82. The second-order valence-electron chi connectivity index (χ2n) is 6.84. The zero-order valence-electron chi connectivity index (χ0n) is 14.6. The lowest BCUT2D eigenvalue weighted by atomic mass is 10.0. The number of halogens is 2. The molecule has 7 heteroatoms. The molecule has 1 saturated heterocycles. The van der Waals surface area contributed by atoms with Crippen LogP contribution < -0.4 is 5.32 Å². The Kier molecular flexibility index (Phi) is 4.85. The van der Waals surface area contributed by atoms with E-state index in [2.05, 4.69) is 15.4 Å². The first-order chi connectivity index (χ1) is 13.1. The zero-order valence-corrected chi connectivity index (χ0v) is 14.6. The molecule has 4 rings (SSSR count). The standard InChI is InChI=1S/C20H19F2N3O2/c21-16-7-6-14(8-17(16)22)10-25-11-15-18(12-25)27-24-19(15)20(26)23-9-13-4-2-1-3-5-13/h1-8,15,18H,9-12H2,(H,23,26)/t15-,18+/m0/s1. The number of hydrogen-bond acceptors (Lipinski definition) is 4. The lowest BCUT2D eigenvalue weighted by Crippen LogP contribution is -2.36. The molecule has 0 unspecified atom stereocenters. The summed E-state index contributed by atoms with van der Waals surface area (Å²) in [6.45, 7) is 2.06. The van der Waals surface area contributed by atoms with Gasteiger partial charge in [-0.3, -0.25) is 9.69 Å². The maximum absolute atomic E-state index is 13.4. The first-order valence-corrected chi connectivity index (χ1v) is 8.82. The number of amides is 1. The third-order valence-electron chi connectivity index (χ3n) is 4.90. The van der Waals surface area contributed by atoms with Crippen molar-refractivity contribution >= 4 is 11.6 Å². The summed E-state index contributed by atoms with van der Waals surface area (Å²) in [7, 11) is 0. The van der Waals surface area contributed by atoms with Crippen LogP contribution in [0.3, 0.4) is 0 Å². The van der Waals surface area contributed by atoms with E-state index in [-0.39, 0.29) is 17.9 Å². The fourth-order valence-electron chi connectivity index (χ4n) is 3.52. The van der Waals surface area contributed by atoms with Gasteiger partial charge in [-0.05, 0) is 23.3 Å². The SMILES string of the molecule is O=C(NCc1ccccc1)C1=NO[C@@H]2CN(Cc3ccc(F)c(F)c3)C[C@H]12. The van der Waals surface area contributed by atoms with E-state index in [1.807, 2.05) is 30.3 Å². The number of nitrogens with one attached hydrogen (secondary N) is 1. The van der Waals surface area contributed by atoms with Crippen molar-refractivity contribution in [2.24, 2.45) is 11.1 Å². The number of nitrogens with zero attached hydrogens (tertiary/aromatic N) is 2. The van der Waals surface area contributed by atoms with Gasteiger partial charge < -0.3 is 10.2 Å². The van der Waals surface area contributed by atoms with Crippen molar-refractivity contribution in [3.8, 4) is 0 Å². The van der Waals surface area contributed by atoms with Crippen LogP contribution in [0.2, 0.25) is 0 Å². The van der Waals surface area contributed by atoms with Crippen molar-refractivity contribution < 1.29 is 18.4 Å². The molecule has 2 aliphatic rings. The predicted octanol–water partition coefficient (Wildman–Crippen LogP) is 2.47. The molecule has 1 N–H and O–H groups in total. The number of fused-ring (bicyclic) bond motifs is 1. The van der Waals surface area contributed by atoms with Gasteiger partial charge in [0.05, 0.1) is 5.92 Å². The Labute approximate surface area is 155 Å². The van der Waals surface area contributed by atoms with E-state index in [9.17, 15) is 13.6 Å². The number of hydrogen-bond donors (Lipinski definition) is 1. The van der Waals surface area contributed by atoms with Crippen molar-refractivity contribution in [1.29, 1.82) is 0 Å². The minimum Gasteiger partial charge on any atom is -0.390 e. The van der Waals surface area contributed by atoms with E-state index in [1.54, 1.807) is 6.07 Å². The summed E-state index contributed by atoms with van der Waals surface area (Å²) in [5.74, 6) is -2.07. The smallest absolute Gasteiger partial charge is 0.269 e. The van der Waals surface area contributed by atoms with Gasteiger partial charge in [0.2, 0.25) is 0 Å². The lowest BCUT2D eigenvalue weighted by molar-refractivity contribution is -0.115. The van der Waals surface area contributed by atoms with Crippen LogP contribution in [0.1, 0.15) is 11.1 Å². The molecular formula is C20H19F2N3O2. The zero-order chi connectivity index (χ0) is 18.8. The Balaban J connectivity index is 1.35. The van der Waals surface area contributed by atoms with Crippen LogP contribution in [0.15, 0.2) is 53.7 Å². The van der Waals surface area contributed by atoms with Gasteiger partial charge in [-0.2, -0.15) is 0 Å². The average Bonchev–Trinajstić information content (AvgIpc) is 3.24. The molecule has 27 heavy (non-hydrogen) atoms.